The smallest absolute Gasteiger partial charge is 0.278 e. The minimum atomic E-state index is -0.408. The number of aromatic nitrogens is 2. The first kappa shape index (κ1) is 18.6. The number of nitrogens with one attached hydrogen (secondary N) is 1. The van der Waals surface area contributed by atoms with Gasteiger partial charge in [0.1, 0.15) is 5.75 Å². The first-order valence-electron chi connectivity index (χ1n) is 8.52. The number of phenols is 1. The van der Waals surface area contributed by atoms with Crippen molar-refractivity contribution in [3.8, 4) is 11.6 Å². The van der Waals surface area contributed by atoms with E-state index in [-0.39, 0.29) is 12.4 Å². The van der Waals surface area contributed by atoms with Crippen molar-refractivity contribution in [3.63, 3.8) is 0 Å². The van der Waals surface area contributed by atoms with Crippen LogP contribution in [0.25, 0.3) is 0 Å². The maximum Gasteiger partial charge on any atom is 0.278 e. The molecule has 0 aliphatic carbocycles. The number of hydrogen-bond donors (Lipinski definition) is 2. The summed E-state index contributed by atoms with van der Waals surface area (Å²) in [5.74, 6) is 0.663. The Hall–Kier alpha value is -3.20. The van der Waals surface area contributed by atoms with Gasteiger partial charge in [0.2, 0.25) is 11.8 Å². The largest absolute Gasteiger partial charge is 0.508 e. The molecule has 1 aromatic heterocycles. The van der Waals surface area contributed by atoms with Gasteiger partial charge >= 0.3 is 0 Å². The van der Waals surface area contributed by atoms with Crippen molar-refractivity contribution in [1.29, 1.82) is 0 Å². The minimum Gasteiger partial charge on any atom is -0.508 e. The Balaban J connectivity index is 1.52. The number of carbonyl (C=O) groups is 1. The number of benzene rings is 1. The molecule has 2 N–H and O–H groups in total. The predicted molar refractivity (Wildman–Crippen MR) is 99.1 cm³/mol. The summed E-state index contributed by atoms with van der Waals surface area (Å²) in [7, 11) is 0. The highest BCUT2D eigenvalue weighted by atomic mass is 16.5. The summed E-state index contributed by atoms with van der Waals surface area (Å²) in [5.41, 5.74) is 3.88. The van der Waals surface area contributed by atoms with Crippen molar-refractivity contribution >= 4 is 18.1 Å². The zero-order chi connectivity index (χ0) is 19.1. The van der Waals surface area contributed by atoms with Gasteiger partial charge in [-0.2, -0.15) is 10.1 Å². The number of aryl methyl sites for hydroxylation is 1. The number of rotatable bonds is 6. The van der Waals surface area contributed by atoms with E-state index in [2.05, 4.69) is 20.5 Å². The molecule has 3 rings (SSSR count). The van der Waals surface area contributed by atoms with Gasteiger partial charge in [0.05, 0.1) is 19.4 Å². The summed E-state index contributed by atoms with van der Waals surface area (Å²) in [5, 5.41) is 13.1. The molecule has 1 aliphatic rings. The first-order chi connectivity index (χ1) is 13.1. The number of phenolic OH excluding ortho intramolecular Hbond substituents is 1. The van der Waals surface area contributed by atoms with Crippen LogP contribution in [-0.4, -0.2) is 60.1 Å². The van der Waals surface area contributed by atoms with Gasteiger partial charge in [-0.05, 0) is 36.8 Å². The molecule has 0 spiro atoms. The highest BCUT2D eigenvalue weighted by molar-refractivity contribution is 5.83. The van der Waals surface area contributed by atoms with E-state index < -0.39 is 5.91 Å². The summed E-state index contributed by atoms with van der Waals surface area (Å²) in [6, 6.07) is 8.11. The van der Waals surface area contributed by atoms with E-state index in [9.17, 15) is 9.90 Å². The van der Waals surface area contributed by atoms with E-state index >= 15 is 0 Å². The lowest BCUT2D eigenvalue weighted by molar-refractivity contribution is -0.123. The highest BCUT2D eigenvalue weighted by Crippen LogP contribution is 2.16. The Labute approximate surface area is 156 Å². The molecule has 0 radical (unpaired) electrons. The van der Waals surface area contributed by atoms with Crippen LogP contribution >= 0.6 is 0 Å². The number of amides is 1. The molecule has 2 heterocycles. The average Bonchev–Trinajstić information content (AvgIpc) is 2.68. The topological polar surface area (TPSA) is 109 Å². The second kappa shape index (κ2) is 8.95. The summed E-state index contributed by atoms with van der Waals surface area (Å²) < 4.78 is 10.8. The van der Waals surface area contributed by atoms with Crippen LogP contribution in [0.3, 0.4) is 0 Å². The van der Waals surface area contributed by atoms with Crippen molar-refractivity contribution in [2.45, 2.75) is 6.92 Å². The molecule has 9 heteroatoms. The van der Waals surface area contributed by atoms with Crippen LogP contribution in [0.2, 0.25) is 0 Å². The van der Waals surface area contributed by atoms with Gasteiger partial charge in [0.15, 0.2) is 6.61 Å². The van der Waals surface area contributed by atoms with Gasteiger partial charge < -0.3 is 19.5 Å². The van der Waals surface area contributed by atoms with Gasteiger partial charge in [-0.3, -0.25) is 4.79 Å². The summed E-state index contributed by atoms with van der Waals surface area (Å²) in [4.78, 5) is 22.7. The maximum absolute atomic E-state index is 11.9. The predicted octanol–water partition coefficient (Wildman–Crippen LogP) is 0.856. The van der Waals surface area contributed by atoms with Crippen LogP contribution in [0, 0.1) is 6.92 Å². The Bertz CT molecular complexity index is 804. The van der Waals surface area contributed by atoms with Crippen LogP contribution in [0.1, 0.15) is 11.3 Å². The number of aromatic hydroxyl groups is 1. The van der Waals surface area contributed by atoms with E-state index in [4.69, 9.17) is 9.47 Å². The van der Waals surface area contributed by atoms with Gasteiger partial charge in [-0.15, -0.1) is 0 Å². The molecule has 1 aromatic carbocycles. The highest BCUT2D eigenvalue weighted by Gasteiger charge is 2.15. The summed E-state index contributed by atoms with van der Waals surface area (Å²) in [6.07, 6.45) is 1.47. The molecule has 1 saturated heterocycles. The SMILES string of the molecule is Cc1cc(OCC(=O)NN=Cc2ccc(O)cc2)nc(N2CCOCC2)n1. The molecular weight excluding hydrogens is 350 g/mol. The number of anilines is 1. The van der Waals surface area contributed by atoms with E-state index in [1.165, 1.54) is 18.3 Å². The molecule has 2 aromatic rings. The zero-order valence-corrected chi connectivity index (χ0v) is 15.0. The fourth-order valence-electron chi connectivity index (χ4n) is 2.41. The third kappa shape index (κ3) is 5.65. The number of hydrogen-bond acceptors (Lipinski definition) is 8. The molecule has 1 fully saturated rings. The van der Waals surface area contributed by atoms with E-state index in [1.54, 1.807) is 18.2 Å². The first-order valence-corrected chi connectivity index (χ1v) is 8.52. The summed E-state index contributed by atoms with van der Waals surface area (Å²) >= 11 is 0. The lowest BCUT2D eigenvalue weighted by atomic mass is 10.2. The van der Waals surface area contributed by atoms with Crippen molar-refractivity contribution in [1.82, 2.24) is 15.4 Å². The normalized spacial score (nSPS) is 14.3. The second-order valence-corrected chi connectivity index (χ2v) is 5.92. The lowest BCUT2D eigenvalue weighted by Crippen LogP contribution is -2.37. The second-order valence-electron chi connectivity index (χ2n) is 5.92. The number of morpholine rings is 1. The molecule has 9 nitrogen and oxygen atoms in total. The van der Waals surface area contributed by atoms with Crippen molar-refractivity contribution < 1.29 is 19.4 Å². The Kier molecular flexibility index (Phi) is 6.16. The monoisotopic (exact) mass is 371 g/mol. The molecule has 27 heavy (non-hydrogen) atoms. The Morgan fingerprint density at radius 3 is 2.81 bits per heavy atom. The Morgan fingerprint density at radius 2 is 2.07 bits per heavy atom. The van der Waals surface area contributed by atoms with Crippen molar-refractivity contribution in [2.24, 2.45) is 5.10 Å². The van der Waals surface area contributed by atoms with Crippen LogP contribution in [0.5, 0.6) is 11.6 Å². The van der Waals surface area contributed by atoms with E-state index in [0.29, 0.717) is 25.0 Å². The molecule has 0 unspecified atom stereocenters. The molecule has 0 bridgehead atoms. The van der Waals surface area contributed by atoms with E-state index in [0.717, 1.165) is 24.3 Å². The van der Waals surface area contributed by atoms with Gasteiger partial charge in [0.25, 0.3) is 5.91 Å². The number of nitrogens with zero attached hydrogens (tertiary/aromatic N) is 4. The van der Waals surface area contributed by atoms with Crippen LogP contribution < -0.4 is 15.1 Å². The summed E-state index contributed by atoms with van der Waals surface area (Å²) in [6.45, 7) is 4.33. The molecule has 1 amide bonds. The molecule has 0 saturated carbocycles. The fraction of sp³-hybridized carbons (Fsp3) is 0.333. The third-order valence-electron chi connectivity index (χ3n) is 3.76. The third-order valence-corrected chi connectivity index (χ3v) is 3.76. The number of carbonyl (C=O) groups excluding carboxylic acids is 1. The minimum absolute atomic E-state index is 0.168. The van der Waals surface area contributed by atoms with Crippen LogP contribution in [0.4, 0.5) is 5.95 Å². The molecule has 0 atom stereocenters. The van der Waals surface area contributed by atoms with Gasteiger partial charge in [0, 0.05) is 24.8 Å². The standard InChI is InChI=1S/C18H21N5O4/c1-13-10-17(21-18(20-13)23-6-8-26-9-7-23)27-12-16(25)22-19-11-14-2-4-15(24)5-3-14/h2-5,10-11,24H,6-9,12H2,1H3,(H,22,25). The molecule has 142 valence electrons. The molecule has 1 aliphatic heterocycles. The Morgan fingerprint density at radius 1 is 1.33 bits per heavy atom. The number of ether oxygens (including phenoxy) is 2. The molecular formula is C18H21N5O4. The quantitative estimate of drug-likeness (QED) is 0.572. The van der Waals surface area contributed by atoms with Crippen molar-refractivity contribution in [2.75, 3.05) is 37.8 Å². The van der Waals surface area contributed by atoms with Gasteiger partial charge in [-0.1, -0.05) is 0 Å². The van der Waals surface area contributed by atoms with Crippen molar-refractivity contribution in [3.05, 3.63) is 41.6 Å². The maximum atomic E-state index is 11.9. The lowest BCUT2D eigenvalue weighted by Gasteiger charge is -2.27. The van der Waals surface area contributed by atoms with Gasteiger partial charge in [-0.25, -0.2) is 10.4 Å². The van der Waals surface area contributed by atoms with Crippen LogP contribution in [0.15, 0.2) is 35.4 Å². The van der Waals surface area contributed by atoms with Crippen LogP contribution in [-0.2, 0) is 9.53 Å². The fourth-order valence-corrected chi connectivity index (χ4v) is 2.41. The number of hydrazone groups is 1. The van der Waals surface area contributed by atoms with E-state index in [1.807, 2.05) is 11.8 Å². The zero-order valence-electron chi connectivity index (χ0n) is 15.0. The average molecular weight is 371 g/mol.